The molecular weight excluding hydrogens is 698 g/mol. The number of thiophene rings is 1. The van der Waals surface area contributed by atoms with Crippen LogP contribution in [0.15, 0.2) is 63.4 Å². The second-order valence-corrected chi connectivity index (χ2v) is 11.5. The molecule has 3 aromatic rings. The maximum atomic E-state index is 13.6. The van der Waals surface area contributed by atoms with E-state index in [2.05, 4.69) is 56.8 Å². The number of allylic oxidation sites excluding steroid dienone is 1. The van der Waals surface area contributed by atoms with E-state index in [1.54, 1.807) is 24.5 Å². The number of esters is 1. The van der Waals surface area contributed by atoms with E-state index < -0.39 is 12.0 Å². The van der Waals surface area contributed by atoms with Crippen molar-refractivity contribution in [3.05, 3.63) is 90.8 Å². The molecule has 0 saturated heterocycles. The summed E-state index contributed by atoms with van der Waals surface area (Å²) in [7, 11) is 0. The Morgan fingerprint density at radius 2 is 2.06 bits per heavy atom. The molecule has 0 saturated carbocycles. The van der Waals surface area contributed by atoms with Crippen LogP contribution >= 0.6 is 67.9 Å². The van der Waals surface area contributed by atoms with Crippen LogP contribution in [0.1, 0.15) is 30.3 Å². The largest absolute Gasteiger partial charge is 0.487 e. The van der Waals surface area contributed by atoms with E-state index in [9.17, 15) is 9.59 Å². The molecule has 0 spiro atoms. The first-order valence-corrected chi connectivity index (χ1v) is 14.2. The van der Waals surface area contributed by atoms with Gasteiger partial charge in [0.15, 0.2) is 4.80 Å². The number of thiazole rings is 1. The molecule has 1 aromatic carbocycles. The van der Waals surface area contributed by atoms with Gasteiger partial charge >= 0.3 is 5.97 Å². The van der Waals surface area contributed by atoms with Crippen molar-refractivity contribution in [3.63, 3.8) is 0 Å². The van der Waals surface area contributed by atoms with Crippen LogP contribution in [0.25, 0.3) is 6.08 Å². The molecule has 0 N–H and O–H groups in total. The third-order valence-corrected chi connectivity index (χ3v) is 8.50. The van der Waals surface area contributed by atoms with Crippen LogP contribution in [0.5, 0.6) is 5.75 Å². The van der Waals surface area contributed by atoms with Gasteiger partial charge in [-0.15, -0.1) is 11.3 Å². The molecule has 1 aliphatic heterocycles. The monoisotopic (exact) mass is 718 g/mol. The molecule has 1 atom stereocenters. The summed E-state index contributed by atoms with van der Waals surface area (Å²) in [6, 6.07) is 7.23. The summed E-state index contributed by atoms with van der Waals surface area (Å²) in [4.78, 5) is 32.5. The Morgan fingerprint density at radius 1 is 1.32 bits per heavy atom. The van der Waals surface area contributed by atoms with Crippen molar-refractivity contribution < 1.29 is 14.3 Å². The number of carbonyl (C=O) groups excluding carboxylic acids is 1. The molecule has 0 fully saturated rings. The van der Waals surface area contributed by atoms with Crippen LogP contribution in [-0.4, -0.2) is 23.8 Å². The number of ether oxygens (including phenoxy) is 2. The molecule has 0 aliphatic carbocycles. The van der Waals surface area contributed by atoms with Crippen molar-refractivity contribution in [2.45, 2.75) is 19.9 Å². The molecule has 0 bridgehead atoms. The van der Waals surface area contributed by atoms with Crippen molar-refractivity contribution >= 4 is 79.9 Å². The summed E-state index contributed by atoms with van der Waals surface area (Å²) in [5.41, 5.74) is 1.67. The van der Waals surface area contributed by atoms with E-state index in [0.29, 0.717) is 27.2 Å². The molecule has 176 valence electrons. The van der Waals surface area contributed by atoms with Crippen LogP contribution < -0.4 is 19.6 Å². The second-order valence-electron chi connectivity index (χ2n) is 7.23. The van der Waals surface area contributed by atoms with Gasteiger partial charge in [0, 0.05) is 4.88 Å². The van der Waals surface area contributed by atoms with Gasteiger partial charge in [-0.2, -0.15) is 0 Å². The number of hydrogen-bond donors (Lipinski definition) is 0. The highest BCUT2D eigenvalue weighted by Gasteiger charge is 2.33. The minimum absolute atomic E-state index is 0.187. The summed E-state index contributed by atoms with van der Waals surface area (Å²) in [6.07, 6.45) is 3.57. The maximum Gasteiger partial charge on any atom is 0.338 e. The van der Waals surface area contributed by atoms with Gasteiger partial charge in [-0.3, -0.25) is 9.36 Å². The molecule has 34 heavy (non-hydrogen) atoms. The van der Waals surface area contributed by atoms with Gasteiger partial charge in [0.05, 0.1) is 29.5 Å². The van der Waals surface area contributed by atoms with Crippen LogP contribution in [0.2, 0.25) is 0 Å². The number of aromatic nitrogens is 1. The Balaban J connectivity index is 1.86. The molecule has 0 radical (unpaired) electrons. The van der Waals surface area contributed by atoms with Gasteiger partial charge in [0.2, 0.25) is 0 Å². The molecule has 6 nitrogen and oxygen atoms in total. The number of carbonyl (C=O) groups is 1. The van der Waals surface area contributed by atoms with Crippen LogP contribution in [0.3, 0.4) is 0 Å². The summed E-state index contributed by atoms with van der Waals surface area (Å²) in [5.74, 6) is 0.350. The van der Waals surface area contributed by atoms with E-state index in [1.807, 2.05) is 35.7 Å². The highest BCUT2D eigenvalue weighted by atomic mass is 127. The molecule has 10 heteroatoms. The van der Waals surface area contributed by atoms with Crippen LogP contribution in [0.4, 0.5) is 0 Å². The van der Waals surface area contributed by atoms with E-state index in [-0.39, 0.29) is 12.2 Å². The number of fused-ring (bicyclic) bond motifs is 1. The van der Waals surface area contributed by atoms with Crippen molar-refractivity contribution in [1.82, 2.24) is 4.57 Å². The maximum absolute atomic E-state index is 13.6. The predicted molar refractivity (Wildman–Crippen MR) is 152 cm³/mol. The third-order valence-electron chi connectivity index (χ3n) is 4.99. The minimum atomic E-state index is -0.563. The molecule has 1 unspecified atom stereocenters. The molecular formula is C24H20I2N2O4S2. The highest BCUT2D eigenvalue weighted by Crippen LogP contribution is 2.33. The van der Waals surface area contributed by atoms with E-state index in [0.717, 1.165) is 23.3 Å². The van der Waals surface area contributed by atoms with E-state index in [1.165, 1.54) is 22.7 Å². The highest BCUT2D eigenvalue weighted by molar-refractivity contribution is 14.1. The number of benzene rings is 1. The minimum Gasteiger partial charge on any atom is -0.487 e. The number of halogens is 2. The Labute approximate surface area is 231 Å². The van der Waals surface area contributed by atoms with Crippen molar-refractivity contribution in [2.75, 3.05) is 13.2 Å². The lowest BCUT2D eigenvalue weighted by Gasteiger charge is -2.23. The summed E-state index contributed by atoms with van der Waals surface area (Å²) in [5, 5.41) is 1.93. The first-order valence-electron chi connectivity index (χ1n) is 10.3. The van der Waals surface area contributed by atoms with Crippen molar-refractivity contribution in [3.8, 4) is 5.75 Å². The second kappa shape index (κ2) is 10.9. The zero-order valence-corrected chi connectivity index (χ0v) is 24.3. The van der Waals surface area contributed by atoms with Crippen molar-refractivity contribution in [1.29, 1.82) is 0 Å². The zero-order chi connectivity index (χ0) is 24.4. The lowest BCUT2D eigenvalue weighted by Crippen LogP contribution is -2.39. The summed E-state index contributed by atoms with van der Waals surface area (Å²) >= 11 is 7.27. The van der Waals surface area contributed by atoms with Crippen LogP contribution in [0, 0.1) is 7.14 Å². The fourth-order valence-corrected chi connectivity index (χ4v) is 7.60. The normalized spacial score (nSPS) is 15.6. The number of rotatable bonds is 7. The molecule has 3 heterocycles. The average molecular weight is 718 g/mol. The summed E-state index contributed by atoms with van der Waals surface area (Å²) in [6.45, 7) is 7.92. The molecule has 4 rings (SSSR count). The van der Waals surface area contributed by atoms with Gasteiger partial charge in [0.1, 0.15) is 18.4 Å². The molecule has 1 aliphatic rings. The van der Waals surface area contributed by atoms with Gasteiger partial charge < -0.3 is 9.47 Å². The number of hydrogen-bond acceptors (Lipinski definition) is 7. The Kier molecular flexibility index (Phi) is 8.10. The number of nitrogens with zero attached hydrogens (tertiary/aromatic N) is 2. The smallest absolute Gasteiger partial charge is 0.338 e. The molecule has 0 amide bonds. The van der Waals surface area contributed by atoms with Crippen molar-refractivity contribution in [2.24, 2.45) is 4.99 Å². The van der Waals surface area contributed by atoms with Crippen LogP contribution in [-0.2, 0) is 9.53 Å². The fourth-order valence-electron chi connectivity index (χ4n) is 3.60. The lowest BCUT2D eigenvalue weighted by atomic mass is 10.0. The third kappa shape index (κ3) is 4.95. The fraction of sp³-hybridized carbons (Fsp3) is 0.208. The Morgan fingerprint density at radius 3 is 2.68 bits per heavy atom. The average Bonchev–Trinajstić information content (AvgIpc) is 3.41. The Bertz CT molecular complexity index is 1450. The van der Waals surface area contributed by atoms with Gasteiger partial charge in [-0.1, -0.05) is 30.1 Å². The lowest BCUT2D eigenvalue weighted by molar-refractivity contribution is -0.139. The van der Waals surface area contributed by atoms with Gasteiger partial charge in [-0.25, -0.2) is 9.79 Å². The van der Waals surface area contributed by atoms with E-state index in [4.69, 9.17) is 9.47 Å². The SMILES string of the molecule is C=CCOc1c(I)cc(C=c2sc3n(c2=O)C(c2cccs2)C(C(=O)OCC)=C(C)N=3)cc1I. The molecule has 2 aromatic heterocycles. The first kappa shape index (κ1) is 25.3. The topological polar surface area (TPSA) is 69.9 Å². The quantitative estimate of drug-likeness (QED) is 0.203. The zero-order valence-electron chi connectivity index (χ0n) is 18.3. The Hall–Kier alpha value is -1.77. The van der Waals surface area contributed by atoms with Gasteiger partial charge in [-0.05, 0) is 94.2 Å². The van der Waals surface area contributed by atoms with E-state index >= 15 is 0 Å². The first-order chi connectivity index (χ1) is 16.3. The standard InChI is InChI=1S/C24H20I2N2O4S2/c1-4-8-32-21-15(25)10-14(11-16(21)26)12-18-22(29)28-20(17-7-6-9-33-17)19(23(30)31-5-2)13(3)27-24(28)34-18/h4,6-7,9-12,20H,1,5,8H2,2-3H3. The summed E-state index contributed by atoms with van der Waals surface area (Å²) < 4.78 is 15.1. The predicted octanol–water partition coefficient (Wildman–Crippen LogP) is 4.63. The van der Waals surface area contributed by atoms with Gasteiger partial charge in [0.25, 0.3) is 5.56 Å².